The van der Waals surface area contributed by atoms with E-state index in [9.17, 15) is 13.2 Å². The fraction of sp³-hybridized carbons (Fsp3) is 0.455. The third kappa shape index (κ3) is 4.37. The molecular weight excluding hydrogens is 274 g/mol. The highest BCUT2D eigenvalue weighted by atomic mass is 35.5. The largest absolute Gasteiger partial charge is 0.416 e. The minimum atomic E-state index is -4.41. The van der Waals surface area contributed by atoms with Crippen molar-refractivity contribution < 1.29 is 13.2 Å². The van der Waals surface area contributed by atoms with E-state index in [0.29, 0.717) is 6.42 Å². The molecule has 98 valence electrons. The minimum Gasteiger partial charge on any atom is -0.324 e. The molecule has 0 heterocycles. The van der Waals surface area contributed by atoms with Gasteiger partial charge in [-0.05, 0) is 24.1 Å². The molecule has 1 atom stereocenters. The fourth-order valence-corrected chi connectivity index (χ4v) is 1.74. The van der Waals surface area contributed by atoms with Gasteiger partial charge in [0.15, 0.2) is 0 Å². The van der Waals surface area contributed by atoms with Crippen molar-refractivity contribution in [3.63, 3.8) is 0 Å². The lowest BCUT2D eigenvalue weighted by atomic mass is 9.97. The van der Waals surface area contributed by atoms with E-state index in [1.807, 2.05) is 6.92 Å². The van der Waals surface area contributed by atoms with Gasteiger partial charge in [0.1, 0.15) is 0 Å². The second kappa shape index (κ2) is 6.47. The summed E-state index contributed by atoms with van der Waals surface area (Å²) in [5.41, 5.74) is 5.08. The third-order valence-electron chi connectivity index (χ3n) is 2.32. The molecule has 0 aliphatic heterocycles. The Hall–Kier alpha value is -0.450. The second-order valence-corrected chi connectivity index (χ2v) is 4.06. The molecule has 6 heteroatoms. The lowest BCUT2D eigenvalue weighted by Crippen LogP contribution is -2.17. The fourth-order valence-electron chi connectivity index (χ4n) is 1.56. The van der Waals surface area contributed by atoms with E-state index in [-0.39, 0.29) is 23.0 Å². The number of alkyl halides is 3. The average Bonchev–Trinajstić information content (AvgIpc) is 2.16. The van der Waals surface area contributed by atoms with Gasteiger partial charge in [0.2, 0.25) is 0 Å². The molecule has 0 amide bonds. The van der Waals surface area contributed by atoms with Crippen molar-refractivity contribution in [2.24, 2.45) is 5.73 Å². The molecular formula is C11H14Cl2F3N. The first-order valence-electron chi connectivity index (χ1n) is 4.98. The highest BCUT2D eigenvalue weighted by Crippen LogP contribution is 2.36. The van der Waals surface area contributed by atoms with Gasteiger partial charge in [-0.15, -0.1) is 12.4 Å². The highest BCUT2D eigenvalue weighted by Gasteiger charge is 2.34. The molecule has 0 aliphatic rings. The molecule has 0 bridgehead atoms. The summed E-state index contributed by atoms with van der Waals surface area (Å²) in [7, 11) is 0. The van der Waals surface area contributed by atoms with Crippen LogP contribution in [0.4, 0.5) is 13.2 Å². The van der Waals surface area contributed by atoms with Crippen LogP contribution < -0.4 is 5.73 Å². The predicted octanol–water partition coefficient (Wildman–Crippen LogP) is 4.58. The SMILES string of the molecule is CCC[C@@H](N)c1ccc(Cl)cc1C(F)(F)F.Cl. The lowest BCUT2D eigenvalue weighted by molar-refractivity contribution is -0.138. The summed E-state index contributed by atoms with van der Waals surface area (Å²) in [5, 5.41) is 0.0692. The van der Waals surface area contributed by atoms with Crippen LogP contribution in [0, 0.1) is 0 Å². The van der Waals surface area contributed by atoms with E-state index in [4.69, 9.17) is 17.3 Å². The molecule has 0 radical (unpaired) electrons. The summed E-state index contributed by atoms with van der Waals surface area (Å²) >= 11 is 5.56. The van der Waals surface area contributed by atoms with Crippen LogP contribution in [-0.2, 0) is 6.18 Å². The smallest absolute Gasteiger partial charge is 0.324 e. The number of halogens is 5. The number of hydrogen-bond donors (Lipinski definition) is 1. The van der Waals surface area contributed by atoms with Crippen LogP contribution in [0.3, 0.4) is 0 Å². The van der Waals surface area contributed by atoms with Gasteiger partial charge < -0.3 is 5.73 Å². The van der Waals surface area contributed by atoms with Crippen LogP contribution >= 0.6 is 24.0 Å². The van der Waals surface area contributed by atoms with E-state index < -0.39 is 17.8 Å². The molecule has 2 N–H and O–H groups in total. The standard InChI is InChI=1S/C11H13ClF3N.ClH/c1-2-3-10(16)8-5-4-7(12)6-9(8)11(13,14)15;/h4-6,10H,2-3,16H2,1H3;1H/t10-;/m1./s1. The number of hydrogen-bond acceptors (Lipinski definition) is 1. The first kappa shape index (κ1) is 16.6. The van der Waals surface area contributed by atoms with Crippen LogP contribution in [0.5, 0.6) is 0 Å². The predicted molar refractivity (Wildman–Crippen MR) is 65.5 cm³/mol. The van der Waals surface area contributed by atoms with Crippen LogP contribution in [-0.4, -0.2) is 0 Å². The van der Waals surface area contributed by atoms with Crippen molar-refractivity contribution in [3.8, 4) is 0 Å². The van der Waals surface area contributed by atoms with Crippen molar-refractivity contribution in [1.29, 1.82) is 0 Å². The van der Waals surface area contributed by atoms with Gasteiger partial charge in [0, 0.05) is 11.1 Å². The molecule has 0 spiro atoms. The monoisotopic (exact) mass is 287 g/mol. The number of rotatable bonds is 3. The first-order valence-corrected chi connectivity index (χ1v) is 5.36. The number of benzene rings is 1. The Kier molecular flexibility index (Phi) is 6.30. The van der Waals surface area contributed by atoms with Gasteiger partial charge in [-0.3, -0.25) is 0 Å². The minimum absolute atomic E-state index is 0. The zero-order chi connectivity index (χ0) is 12.3. The van der Waals surface area contributed by atoms with Gasteiger partial charge in [0.25, 0.3) is 0 Å². The van der Waals surface area contributed by atoms with Crippen LogP contribution in [0.1, 0.15) is 36.9 Å². The molecule has 1 nitrogen and oxygen atoms in total. The Morgan fingerprint density at radius 2 is 1.94 bits per heavy atom. The van der Waals surface area contributed by atoms with Gasteiger partial charge in [-0.25, -0.2) is 0 Å². The Balaban J connectivity index is 0.00000256. The van der Waals surface area contributed by atoms with E-state index in [2.05, 4.69) is 0 Å². The van der Waals surface area contributed by atoms with Crippen LogP contribution in [0.2, 0.25) is 5.02 Å². The van der Waals surface area contributed by atoms with Crippen LogP contribution in [0.25, 0.3) is 0 Å². The maximum absolute atomic E-state index is 12.7. The summed E-state index contributed by atoms with van der Waals surface area (Å²) in [4.78, 5) is 0. The summed E-state index contributed by atoms with van der Waals surface area (Å²) in [6.45, 7) is 1.88. The van der Waals surface area contributed by atoms with Gasteiger partial charge in [-0.1, -0.05) is 31.0 Å². The van der Waals surface area contributed by atoms with Crippen molar-refractivity contribution in [2.45, 2.75) is 32.0 Å². The molecule has 0 saturated heterocycles. The summed E-state index contributed by atoms with van der Waals surface area (Å²) in [6.07, 6.45) is -3.16. The summed E-state index contributed by atoms with van der Waals surface area (Å²) < 4.78 is 38.1. The van der Waals surface area contributed by atoms with E-state index >= 15 is 0 Å². The van der Waals surface area contributed by atoms with Crippen molar-refractivity contribution in [2.75, 3.05) is 0 Å². The van der Waals surface area contributed by atoms with Crippen molar-refractivity contribution in [3.05, 3.63) is 34.3 Å². The van der Waals surface area contributed by atoms with Crippen molar-refractivity contribution in [1.82, 2.24) is 0 Å². The van der Waals surface area contributed by atoms with E-state index in [0.717, 1.165) is 12.5 Å². The Labute approximate surface area is 110 Å². The molecule has 1 rings (SSSR count). The maximum atomic E-state index is 12.7. The molecule has 1 aromatic rings. The normalized spacial score (nSPS) is 13.1. The topological polar surface area (TPSA) is 26.0 Å². The highest BCUT2D eigenvalue weighted by molar-refractivity contribution is 6.30. The Morgan fingerprint density at radius 1 is 1.35 bits per heavy atom. The zero-order valence-electron chi connectivity index (χ0n) is 9.22. The first-order chi connectivity index (χ1) is 7.36. The Morgan fingerprint density at radius 3 is 2.41 bits per heavy atom. The van der Waals surface area contributed by atoms with E-state index in [1.54, 1.807) is 0 Å². The maximum Gasteiger partial charge on any atom is 0.416 e. The third-order valence-corrected chi connectivity index (χ3v) is 2.55. The molecule has 17 heavy (non-hydrogen) atoms. The van der Waals surface area contributed by atoms with E-state index in [1.165, 1.54) is 12.1 Å². The Bertz CT molecular complexity index is 366. The molecule has 0 aliphatic carbocycles. The lowest BCUT2D eigenvalue weighted by Gasteiger charge is -2.18. The van der Waals surface area contributed by atoms with Crippen molar-refractivity contribution >= 4 is 24.0 Å². The number of nitrogens with two attached hydrogens (primary N) is 1. The van der Waals surface area contributed by atoms with Gasteiger partial charge >= 0.3 is 6.18 Å². The summed E-state index contributed by atoms with van der Waals surface area (Å²) in [5.74, 6) is 0. The molecule has 1 aromatic carbocycles. The van der Waals surface area contributed by atoms with Crippen LogP contribution in [0.15, 0.2) is 18.2 Å². The molecule has 0 fully saturated rings. The quantitative estimate of drug-likeness (QED) is 0.865. The average molecular weight is 288 g/mol. The second-order valence-electron chi connectivity index (χ2n) is 3.62. The molecule has 0 aromatic heterocycles. The van der Waals surface area contributed by atoms with Gasteiger partial charge in [0.05, 0.1) is 5.56 Å². The molecule has 0 unspecified atom stereocenters. The summed E-state index contributed by atoms with van der Waals surface area (Å²) in [6, 6.07) is 3.11. The molecule has 0 saturated carbocycles. The zero-order valence-corrected chi connectivity index (χ0v) is 10.8. The van der Waals surface area contributed by atoms with Gasteiger partial charge in [-0.2, -0.15) is 13.2 Å².